The van der Waals surface area contributed by atoms with Crippen LogP contribution in [0, 0.1) is 5.82 Å². The summed E-state index contributed by atoms with van der Waals surface area (Å²) in [6.45, 7) is 0. The summed E-state index contributed by atoms with van der Waals surface area (Å²) in [4.78, 5) is 25.7. The summed E-state index contributed by atoms with van der Waals surface area (Å²) in [7, 11) is -3.90. The minimum atomic E-state index is -3.90. The Morgan fingerprint density at radius 2 is 1.75 bits per heavy atom. The number of benzene rings is 2. The van der Waals surface area contributed by atoms with Crippen molar-refractivity contribution in [3.63, 3.8) is 0 Å². The number of ether oxygens (including phenoxy) is 1. The lowest BCUT2D eigenvalue weighted by Gasteiger charge is -2.19. The van der Waals surface area contributed by atoms with Gasteiger partial charge in [-0.25, -0.2) is 17.6 Å². The Kier molecular flexibility index (Phi) is 6.24. The molecule has 166 valence electrons. The van der Waals surface area contributed by atoms with Crippen molar-refractivity contribution in [3.05, 3.63) is 83.0 Å². The van der Waals surface area contributed by atoms with Gasteiger partial charge in [0.15, 0.2) is 0 Å². The zero-order valence-corrected chi connectivity index (χ0v) is 18.3. The molecule has 10 heteroatoms. The topological polar surface area (TPSA) is 102 Å². The fourth-order valence-electron chi connectivity index (χ4n) is 2.95. The molecule has 0 radical (unpaired) electrons. The van der Waals surface area contributed by atoms with Gasteiger partial charge < -0.3 is 10.1 Å². The van der Waals surface area contributed by atoms with Crippen molar-refractivity contribution >= 4 is 38.9 Å². The van der Waals surface area contributed by atoms with E-state index in [4.69, 9.17) is 4.74 Å². The van der Waals surface area contributed by atoms with Crippen molar-refractivity contribution in [2.24, 2.45) is 0 Å². The van der Waals surface area contributed by atoms with E-state index in [1.165, 1.54) is 42.5 Å². The molecule has 1 atom stereocenters. The normalized spacial score (nSPS) is 14.4. The van der Waals surface area contributed by atoms with Gasteiger partial charge in [0.1, 0.15) is 10.0 Å². The molecule has 0 saturated heterocycles. The molecule has 32 heavy (non-hydrogen) atoms. The van der Waals surface area contributed by atoms with Crippen LogP contribution >= 0.6 is 11.3 Å². The molecule has 0 aliphatic heterocycles. The maximum Gasteiger partial charge on any atom is 0.341 e. The smallest absolute Gasteiger partial charge is 0.341 e. The van der Waals surface area contributed by atoms with E-state index in [0.29, 0.717) is 5.56 Å². The molecular weight excluding hydrogens is 455 g/mol. The number of rotatable bonds is 8. The molecular formula is C22H19FN2O5S2. The molecule has 2 aromatic carbocycles. The van der Waals surface area contributed by atoms with Gasteiger partial charge >= 0.3 is 5.97 Å². The van der Waals surface area contributed by atoms with Crippen molar-refractivity contribution in [2.45, 2.75) is 29.2 Å². The van der Waals surface area contributed by atoms with Crippen molar-refractivity contribution in [1.29, 1.82) is 0 Å². The minimum Gasteiger partial charge on any atom is -0.444 e. The van der Waals surface area contributed by atoms with E-state index in [9.17, 15) is 22.4 Å². The van der Waals surface area contributed by atoms with E-state index in [2.05, 4.69) is 10.0 Å². The lowest BCUT2D eigenvalue weighted by atomic mass is 10.1. The first-order valence-electron chi connectivity index (χ1n) is 9.76. The Hall–Kier alpha value is -3.24. The van der Waals surface area contributed by atoms with Gasteiger partial charge in [0, 0.05) is 11.6 Å². The number of esters is 1. The molecule has 7 nitrogen and oxygen atoms in total. The van der Waals surface area contributed by atoms with Crippen molar-refractivity contribution in [2.75, 3.05) is 4.72 Å². The van der Waals surface area contributed by atoms with Gasteiger partial charge in [0.25, 0.3) is 15.9 Å². The molecule has 0 bridgehead atoms. The van der Waals surface area contributed by atoms with E-state index in [1.807, 2.05) is 0 Å². The highest BCUT2D eigenvalue weighted by Gasteiger charge is 2.32. The molecule has 4 rings (SSSR count). The van der Waals surface area contributed by atoms with Crippen molar-refractivity contribution in [3.8, 4) is 0 Å². The van der Waals surface area contributed by atoms with E-state index in [1.54, 1.807) is 23.6 Å². The van der Waals surface area contributed by atoms with Gasteiger partial charge in [-0.3, -0.25) is 9.52 Å². The van der Waals surface area contributed by atoms with Crippen LogP contribution in [0.25, 0.3) is 0 Å². The molecule has 2 N–H and O–H groups in total. The summed E-state index contributed by atoms with van der Waals surface area (Å²) in [5, 5.41) is 4.40. The maximum atomic E-state index is 13.4. The standard InChI is InChI=1S/C22H19FN2O5S2/c23-15-9-7-14(8-10-15)20(21(26)24-16-11-12-16)30-22(27)17-4-1-2-5-18(17)25-32(28,29)19-6-3-13-31-19/h1-10,13,16,20,25H,11-12H2,(H,24,26). The summed E-state index contributed by atoms with van der Waals surface area (Å²) >= 11 is 1.04. The average Bonchev–Trinajstić information content (AvgIpc) is 3.39. The molecule has 0 spiro atoms. The number of para-hydroxylation sites is 1. The number of hydrogen-bond acceptors (Lipinski definition) is 6. The van der Waals surface area contributed by atoms with E-state index < -0.39 is 33.8 Å². The first kappa shape index (κ1) is 22.0. The molecule has 3 aromatic rings. The van der Waals surface area contributed by atoms with E-state index in [0.717, 1.165) is 24.2 Å². The van der Waals surface area contributed by atoms with Gasteiger partial charge in [0.05, 0.1) is 11.3 Å². The van der Waals surface area contributed by atoms with Crippen LogP contribution in [-0.4, -0.2) is 26.3 Å². The lowest BCUT2D eigenvalue weighted by molar-refractivity contribution is -0.130. The summed E-state index contributed by atoms with van der Waals surface area (Å²) in [6, 6.07) is 14.1. The van der Waals surface area contributed by atoms with Crippen LogP contribution in [0.5, 0.6) is 0 Å². The van der Waals surface area contributed by atoms with Crippen LogP contribution in [-0.2, 0) is 19.6 Å². The molecule has 1 saturated carbocycles. The second-order valence-corrected chi connectivity index (χ2v) is 10.1. The molecule has 1 aliphatic rings. The third-order valence-corrected chi connectivity index (χ3v) is 7.47. The summed E-state index contributed by atoms with van der Waals surface area (Å²) in [5.41, 5.74) is 0.264. The number of anilines is 1. The Bertz CT molecular complexity index is 1220. The van der Waals surface area contributed by atoms with Gasteiger partial charge in [-0.1, -0.05) is 30.3 Å². The number of carbonyl (C=O) groups is 2. The van der Waals surface area contributed by atoms with Crippen LogP contribution in [0.15, 0.2) is 70.3 Å². The van der Waals surface area contributed by atoms with Gasteiger partial charge in [-0.05, 0) is 48.6 Å². The second kappa shape index (κ2) is 9.09. The van der Waals surface area contributed by atoms with Crippen molar-refractivity contribution < 1.29 is 27.1 Å². The predicted molar refractivity (Wildman–Crippen MR) is 117 cm³/mol. The Labute approximate surface area is 188 Å². The largest absolute Gasteiger partial charge is 0.444 e. The number of hydrogen-bond donors (Lipinski definition) is 2. The van der Waals surface area contributed by atoms with Gasteiger partial charge in [-0.2, -0.15) is 0 Å². The number of carbonyl (C=O) groups excluding carboxylic acids is 2. The fourth-order valence-corrected chi connectivity index (χ4v) is 5.02. The highest BCUT2D eigenvalue weighted by atomic mass is 32.2. The fraction of sp³-hybridized carbons (Fsp3) is 0.182. The third kappa shape index (κ3) is 5.14. The zero-order valence-electron chi connectivity index (χ0n) is 16.7. The summed E-state index contributed by atoms with van der Waals surface area (Å²) < 4.78 is 46.5. The second-order valence-electron chi connectivity index (χ2n) is 7.20. The SMILES string of the molecule is O=C(OC(C(=O)NC1CC1)c1ccc(F)cc1)c1ccccc1NS(=O)(=O)c1cccs1. The zero-order chi connectivity index (χ0) is 22.7. The number of thiophene rings is 1. The number of sulfonamides is 1. The lowest BCUT2D eigenvalue weighted by Crippen LogP contribution is -2.33. The molecule has 1 unspecified atom stereocenters. The quantitative estimate of drug-likeness (QED) is 0.483. The highest BCUT2D eigenvalue weighted by molar-refractivity contribution is 7.94. The first-order chi connectivity index (χ1) is 15.3. The van der Waals surface area contributed by atoms with E-state index >= 15 is 0 Å². The van der Waals surface area contributed by atoms with Crippen molar-refractivity contribution in [1.82, 2.24) is 5.32 Å². The molecule has 1 aliphatic carbocycles. The Morgan fingerprint density at radius 3 is 2.41 bits per heavy atom. The van der Waals surface area contributed by atoms with Crippen LogP contribution < -0.4 is 10.0 Å². The molecule has 1 amide bonds. The third-order valence-electron chi connectivity index (χ3n) is 4.71. The Balaban J connectivity index is 1.59. The molecule has 1 heterocycles. The molecule has 1 fully saturated rings. The summed E-state index contributed by atoms with van der Waals surface area (Å²) in [5.74, 6) is -1.91. The predicted octanol–water partition coefficient (Wildman–Crippen LogP) is 3.86. The Morgan fingerprint density at radius 1 is 1.03 bits per heavy atom. The molecule has 1 aromatic heterocycles. The highest BCUT2D eigenvalue weighted by Crippen LogP contribution is 2.27. The number of nitrogens with one attached hydrogen (secondary N) is 2. The summed E-state index contributed by atoms with van der Waals surface area (Å²) in [6.07, 6.45) is 0.359. The van der Waals surface area contributed by atoms with Crippen LogP contribution in [0.3, 0.4) is 0 Å². The maximum absolute atomic E-state index is 13.4. The van der Waals surface area contributed by atoms with Gasteiger partial charge in [-0.15, -0.1) is 11.3 Å². The number of amides is 1. The number of halogens is 1. The average molecular weight is 475 g/mol. The minimum absolute atomic E-state index is 0.0198. The van der Waals surface area contributed by atoms with Crippen LogP contribution in [0.1, 0.15) is 34.9 Å². The first-order valence-corrected chi connectivity index (χ1v) is 12.1. The van der Waals surface area contributed by atoms with Crippen LogP contribution in [0.2, 0.25) is 0 Å². The van der Waals surface area contributed by atoms with E-state index in [-0.39, 0.29) is 21.5 Å². The van der Waals surface area contributed by atoms with Gasteiger partial charge in [0.2, 0.25) is 6.10 Å². The van der Waals surface area contributed by atoms with Crippen LogP contribution in [0.4, 0.5) is 10.1 Å². The monoisotopic (exact) mass is 474 g/mol.